The third-order valence-electron chi connectivity index (χ3n) is 2.97. The van der Waals surface area contributed by atoms with E-state index in [2.05, 4.69) is 5.32 Å². The van der Waals surface area contributed by atoms with Crippen LogP contribution in [0, 0.1) is 23.3 Å². The molecule has 0 fully saturated rings. The molecule has 110 valence electrons. The zero-order valence-corrected chi connectivity index (χ0v) is 11.0. The monoisotopic (exact) mass is 297 g/mol. The van der Waals surface area contributed by atoms with E-state index in [0.717, 1.165) is 24.3 Å². The summed E-state index contributed by atoms with van der Waals surface area (Å²) in [5, 5.41) is 2.43. The molecule has 1 amide bonds. The van der Waals surface area contributed by atoms with E-state index in [9.17, 15) is 22.4 Å². The van der Waals surface area contributed by atoms with Gasteiger partial charge in [0.05, 0.1) is 11.6 Å². The van der Waals surface area contributed by atoms with E-state index in [1.807, 2.05) is 0 Å². The number of carbonyl (C=O) groups excluding carboxylic acids is 1. The molecule has 1 unspecified atom stereocenters. The van der Waals surface area contributed by atoms with Gasteiger partial charge in [-0.05, 0) is 36.8 Å². The van der Waals surface area contributed by atoms with Crippen molar-refractivity contribution in [2.45, 2.75) is 13.0 Å². The van der Waals surface area contributed by atoms with Gasteiger partial charge in [-0.1, -0.05) is 6.07 Å². The SMILES string of the molecule is CC(NC(=O)c1ccc(F)cc1F)c1ccc(F)c(F)c1. The van der Waals surface area contributed by atoms with Gasteiger partial charge in [0.2, 0.25) is 0 Å². The van der Waals surface area contributed by atoms with E-state index in [1.54, 1.807) is 0 Å². The number of rotatable bonds is 3. The van der Waals surface area contributed by atoms with Gasteiger partial charge in [0.25, 0.3) is 5.91 Å². The van der Waals surface area contributed by atoms with Crippen molar-refractivity contribution in [1.29, 1.82) is 0 Å². The van der Waals surface area contributed by atoms with Crippen molar-refractivity contribution in [3.05, 3.63) is 70.8 Å². The van der Waals surface area contributed by atoms with Crippen LogP contribution in [0.2, 0.25) is 0 Å². The second kappa shape index (κ2) is 5.95. The molecule has 0 spiro atoms. The van der Waals surface area contributed by atoms with Crippen LogP contribution >= 0.6 is 0 Å². The van der Waals surface area contributed by atoms with E-state index in [1.165, 1.54) is 13.0 Å². The summed E-state index contributed by atoms with van der Waals surface area (Å²) in [6.07, 6.45) is 0. The van der Waals surface area contributed by atoms with Crippen LogP contribution in [0.5, 0.6) is 0 Å². The molecule has 6 heteroatoms. The Bertz CT molecular complexity index is 687. The Morgan fingerprint density at radius 2 is 1.67 bits per heavy atom. The molecular formula is C15H11F4NO. The normalized spacial score (nSPS) is 12.0. The number of hydrogen-bond acceptors (Lipinski definition) is 1. The zero-order chi connectivity index (χ0) is 15.6. The van der Waals surface area contributed by atoms with E-state index in [-0.39, 0.29) is 5.56 Å². The summed E-state index contributed by atoms with van der Waals surface area (Å²) in [5.41, 5.74) is -0.00407. The fraction of sp³-hybridized carbons (Fsp3) is 0.133. The smallest absolute Gasteiger partial charge is 0.254 e. The molecule has 0 saturated heterocycles. The minimum atomic E-state index is -1.04. The maximum absolute atomic E-state index is 13.5. The van der Waals surface area contributed by atoms with Crippen molar-refractivity contribution in [2.24, 2.45) is 0 Å². The van der Waals surface area contributed by atoms with Gasteiger partial charge in [-0.25, -0.2) is 17.6 Å². The first-order valence-electron chi connectivity index (χ1n) is 6.09. The highest BCUT2D eigenvalue weighted by molar-refractivity contribution is 5.94. The lowest BCUT2D eigenvalue weighted by atomic mass is 10.1. The van der Waals surface area contributed by atoms with Crippen molar-refractivity contribution in [2.75, 3.05) is 0 Å². The summed E-state index contributed by atoms with van der Waals surface area (Å²) >= 11 is 0. The van der Waals surface area contributed by atoms with Gasteiger partial charge in [-0.15, -0.1) is 0 Å². The first-order valence-corrected chi connectivity index (χ1v) is 6.09. The van der Waals surface area contributed by atoms with Crippen LogP contribution in [0.15, 0.2) is 36.4 Å². The minimum absolute atomic E-state index is 0.324. The molecule has 1 atom stereocenters. The lowest BCUT2D eigenvalue weighted by Gasteiger charge is -2.15. The number of hydrogen-bond donors (Lipinski definition) is 1. The minimum Gasteiger partial charge on any atom is -0.345 e. The topological polar surface area (TPSA) is 29.1 Å². The van der Waals surface area contributed by atoms with Gasteiger partial charge in [0, 0.05) is 6.07 Å². The number of nitrogens with one attached hydrogen (secondary N) is 1. The fourth-order valence-corrected chi connectivity index (χ4v) is 1.81. The number of halogens is 4. The van der Waals surface area contributed by atoms with E-state index in [0.29, 0.717) is 11.6 Å². The summed E-state index contributed by atoms with van der Waals surface area (Å²) in [7, 11) is 0. The fourth-order valence-electron chi connectivity index (χ4n) is 1.81. The molecular weight excluding hydrogens is 286 g/mol. The average Bonchev–Trinajstić information content (AvgIpc) is 2.41. The lowest BCUT2D eigenvalue weighted by molar-refractivity contribution is 0.0935. The van der Waals surface area contributed by atoms with E-state index >= 15 is 0 Å². The standard InChI is InChI=1S/C15H11F4NO/c1-8(9-2-5-12(17)14(19)6-9)20-15(21)11-4-3-10(16)7-13(11)18/h2-8H,1H3,(H,20,21). The first-order chi connectivity index (χ1) is 9.88. The summed E-state index contributed by atoms with van der Waals surface area (Å²) in [6.45, 7) is 1.53. The predicted molar refractivity (Wildman–Crippen MR) is 68.6 cm³/mol. The van der Waals surface area contributed by atoms with Crippen LogP contribution in [-0.2, 0) is 0 Å². The van der Waals surface area contributed by atoms with Crippen LogP contribution < -0.4 is 5.32 Å². The molecule has 0 aliphatic rings. The summed E-state index contributed by atoms with van der Waals surface area (Å²) in [6, 6.07) is 5.09. The van der Waals surface area contributed by atoms with Gasteiger partial charge in [-0.3, -0.25) is 4.79 Å². The van der Waals surface area contributed by atoms with Crippen molar-refractivity contribution in [3.63, 3.8) is 0 Å². The molecule has 0 heterocycles. The Labute approximate surface area is 118 Å². The third kappa shape index (κ3) is 3.39. The Hall–Kier alpha value is -2.37. The number of carbonyl (C=O) groups is 1. The molecule has 0 radical (unpaired) electrons. The Balaban J connectivity index is 2.16. The zero-order valence-electron chi connectivity index (χ0n) is 11.0. The molecule has 2 aromatic rings. The van der Waals surface area contributed by atoms with Gasteiger partial charge < -0.3 is 5.32 Å². The largest absolute Gasteiger partial charge is 0.345 e. The first kappa shape index (κ1) is 15.0. The van der Waals surface area contributed by atoms with Crippen LogP contribution in [0.1, 0.15) is 28.9 Å². The summed E-state index contributed by atoms with van der Waals surface area (Å²) in [5.74, 6) is -4.60. The number of benzene rings is 2. The average molecular weight is 297 g/mol. The molecule has 0 saturated carbocycles. The van der Waals surface area contributed by atoms with Crippen molar-refractivity contribution >= 4 is 5.91 Å². The number of amides is 1. The van der Waals surface area contributed by atoms with E-state index in [4.69, 9.17) is 0 Å². The molecule has 0 bridgehead atoms. The van der Waals surface area contributed by atoms with Crippen LogP contribution in [-0.4, -0.2) is 5.91 Å². The third-order valence-corrected chi connectivity index (χ3v) is 2.97. The highest BCUT2D eigenvalue weighted by Crippen LogP contribution is 2.17. The molecule has 0 aromatic heterocycles. The van der Waals surface area contributed by atoms with Crippen LogP contribution in [0.4, 0.5) is 17.6 Å². The molecule has 2 rings (SSSR count). The van der Waals surface area contributed by atoms with Gasteiger partial charge >= 0.3 is 0 Å². The molecule has 0 aliphatic carbocycles. The quantitative estimate of drug-likeness (QED) is 0.859. The Morgan fingerprint density at radius 1 is 0.952 bits per heavy atom. The molecule has 21 heavy (non-hydrogen) atoms. The highest BCUT2D eigenvalue weighted by atomic mass is 19.2. The highest BCUT2D eigenvalue weighted by Gasteiger charge is 2.16. The molecule has 2 aromatic carbocycles. The van der Waals surface area contributed by atoms with Crippen LogP contribution in [0.25, 0.3) is 0 Å². The maximum atomic E-state index is 13.5. The van der Waals surface area contributed by atoms with Gasteiger partial charge in [0.1, 0.15) is 11.6 Å². The lowest BCUT2D eigenvalue weighted by Crippen LogP contribution is -2.27. The van der Waals surface area contributed by atoms with E-state index < -0.39 is 35.2 Å². The van der Waals surface area contributed by atoms with Crippen LogP contribution in [0.3, 0.4) is 0 Å². The summed E-state index contributed by atoms with van der Waals surface area (Å²) in [4.78, 5) is 11.9. The second-order valence-electron chi connectivity index (χ2n) is 4.49. The van der Waals surface area contributed by atoms with Gasteiger partial charge in [0.15, 0.2) is 11.6 Å². The van der Waals surface area contributed by atoms with Crippen molar-refractivity contribution in [1.82, 2.24) is 5.32 Å². The van der Waals surface area contributed by atoms with Crippen molar-refractivity contribution < 1.29 is 22.4 Å². The second-order valence-corrected chi connectivity index (χ2v) is 4.49. The predicted octanol–water partition coefficient (Wildman–Crippen LogP) is 3.73. The Morgan fingerprint density at radius 3 is 2.29 bits per heavy atom. The molecule has 0 aliphatic heterocycles. The summed E-state index contributed by atoms with van der Waals surface area (Å²) < 4.78 is 52.2. The van der Waals surface area contributed by atoms with Gasteiger partial charge in [-0.2, -0.15) is 0 Å². The Kier molecular flexibility index (Phi) is 4.26. The maximum Gasteiger partial charge on any atom is 0.254 e. The molecule has 1 N–H and O–H groups in total. The molecule has 2 nitrogen and oxygen atoms in total. The van der Waals surface area contributed by atoms with Crippen molar-refractivity contribution in [3.8, 4) is 0 Å².